The first kappa shape index (κ1) is 18.6. The fourth-order valence-electron chi connectivity index (χ4n) is 2.65. The van der Waals surface area contributed by atoms with Crippen LogP contribution < -0.4 is 5.32 Å². The molecule has 0 aliphatic rings. The molecule has 26 heavy (non-hydrogen) atoms. The summed E-state index contributed by atoms with van der Waals surface area (Å²) in [5.41, 5.74) is 3.35. The summed E-state index contributed by atoms with van der Waals surface area (Å²) in [6.07, 6.45) is 0. The Bertz CT molecular complexity index is 848. The second-order valence-corrected chi connectivity index (χ2v) is 7.55. The molecule has 0 aliphatic heterocycles. The number of nitrogens with one attached hydrogen (secondary N) is 1. The van der Waals surface area contributed by atoms with Crippen molar-refractivity contribution < 1.29 is 4.79 Å². The lowest BCUT2D eigenvalue weighted by atomic mass is 9.98. The van der Waals surface area contributed by atoms with E-state index >= 15 is 0 Å². The summed E-state index contributed by atoms with van der Waals surface area (Å²) >= 11 is 7.40. The molecule has 0 saturated carbocycles. The molecule has 0 saturated heterocycles. The molecule has 0 fully saturated rings. The SMILES string of the molecule is Cc1ccc(C(NC(=O)CSc2ccc(Cl)cc2)c2ccccc2)cc1. The Morgan fingerprint density at radius 3 is 2.19 bits per heavy atom. The lowest BCUT2D eigenvalue weighted by molar-refractivity contribution is -0.119. The molecule has 4 heteroatoms. The highest BCUT2D eigenvalue weighted by Crippen LogP contribution is 2.24. The van der Waals surface area contributed by atoms with Crippen LogP contribution in [0.4, 0.5) is 0 Å². The topological polar surface area (TPSA) is 29.1 Å². The van der Waals surface area contributed by atoms with Crippen LogP contribution in [-0.4, -0.2) is 11.7 Å². The van der Waals surface area contributed by atoms with Gasteiger partial charge in [0.2, 0.25) is 5.91 Å². The average Bonchev–Trinajstić information content (AvgIpc) is 2.67. The minimum atomic E-state index is -0.157. The Labute approximate surface area is 163 Å². The first-order valence-corrected chi connectivity index (χ1v) is 9.77. The van der Waals surface area contributed by atoms with Crippen LogP contribution in [0.25, 0.3) is 0 Å². The number of aryl methyl sites for hydroxylation is 1. The maximum atomic E-state index is 12.5. The molecule has 3 aromatic carbocycles. The van der Waals surface area contributed by atoms with E-state index in [9.17, 15) is 4.79 Å². The van der Waals surface area contributed by atoms with E-state index in [1.165, 1.54) is 17.3 Å². The summed E-state index contributed by atoms with van der Waals surface area (Å²) in [5.74, 6) is 0.357. The van der Waals surface area contributed by atoms with Gasteiger partial charge in [-0.2, -0.15) is 0 Å². The fourth-order valence-corrected chi connectivity index (χ4v) is 3.48. The van der Waals surface area contributed by atoms with E-state index in [1.54, 1.807) is 0 Å². The van der Waals surface area contributed by atoms with Crippen LogP contribution in [0.3, 0.4) is 0 Å². The first-order chi connectivity index (χ1) is 12.6. The highest BCUT2D eigenvalue weighted by Gasteiger charge is 2.16. The molecule has 3 aromatic rings. The molecule has 1 unspecified atom stereocenters. The number of hydrogen-bond donors (Lipinski definition) is 1. The van der Waals surface area contributed by atoms with E-state index in [-0.39, 0.29) is 11.9 Å². The third kappa shape index (κ3) is 5.13. The van der Waals surface area contributed by atoms with Crippen LogP contribution in [0, 0.1) is 6.92 Å². The molecule has 0 radical (unpaired) electrons. The van der Waals surface area contributed by atoms with E-state index in [1.807, 2.05) is 54.6 Å². The number of rotatable bonds is 6. The Morgan fingerprint density at radius 2 is 1.54 bits per heavy atom. The minimum Gasteiger partial charge on any atom is -0.344 e. The lowest BCUT2D eigenvalue weighted by Crippen LogP contribution is -2.30. The first-order valence-electron chi connectivity index (χ1n) is 8.41. The molecule has 1 amide bonds. The van der Waals surface area contributed by atoms with Crippen molar-refractivity contribution in [1.29, 1.82) is 0 Å². The third-order valence-electron chi connectivity index (χ3n) is 4.03. The predicted octanol–water partition coefficient (Wildman–Crippen LogP) is 5.65. The van der Waals surface area contributed by atoms with Gasteiger partial charge in [0, 0.05) is 9.92 Å². The summed E-state index contributed by atoms with van der Waals surface area (Å²) in [6.45, 7) is 2.06. The second kappa shape index (κ2) is 8.93. The zero-order chi connectivity index (χ0) is 18.4. The lowest BCUT2D eigenvalue weighted by Gasteiger charge is -2.20. The van der Waals surface area contributed by atoms with Crippen LogP contribution >= 0.6 is 23.4 Å². The molecule has 3 rings (SSSR count). The van der Waals surface area contributed by atoms with Crippen LogP contribution in [0.2, 0.25) is 5.02 Å². The maximum Gasteiger partial charge on any atom is 0.231 e. The van der Waals surface area contributed by atoms with Crippen molar-refractivity contribution in [3.05, 3.63) is 101 Å². The van der Waals surface area contributed by atoms with Crippen molar-refractivity contribution in [2.24, 2.45) is 0 Å². The van der Waals surface area contributed by atoms with Gasteiger partial charge < -0.3 is 5.32 Å². The molecule has 1 N–H and O–H groups in total. The zero-order valence-electron chi connectivity index (χ0n) is 14.5. The molecular weight excluding hydrogens is 362 g/mol. The predicted molar refractivity (Wildman–Crippen MR) is 110 cm³/mol. The Kier molecular flexibility index (Phi) is 6.37. The molecule has 0 heterocycles. The largest absolute Gasteiger partial charge is 0.344 e. The normalized spacial score (nSPS) is 11.8. The van der Waals surface area contributed by atoms with Crippen molar-refractivity contribution in [3.63, 3.8) is 0 Å². The standard InChI is InChI=1S/C22H20ClNOS/c1-16-7-9-18(10-8-16)22(17-5-3-2-4-6-17)24-21(25)15-26-20-13-11-19(23)12-14-20/h2-14,22H,15H2,1H3,(H,24,25). The summed E-state index contributed by atoms with van der Waals surface area (Å²) in [5, 5.41) is 3.86. The van der Waals surface area contributed by atoms with Gasteiger partial charge in [-0.05, 0) is 42.3 Å². The van der Waals surface area contributed by atoms with Crippen molar-refractivity contribution in [2.45, 2.75) is 17.9 Å². The summed E-state index contributed by atoms with van der Waals surface area (Å²) in [6, 6.07) is 25.7. The molecule has 0 spiro atoms. The summed E-state index contributed by atoms with van der Waals surface area (Å²) in [7, 11) is 0. The van der Waals surface area contributed by atoms with Crippen molar-refractivity contribution in [1.82, 2.24) is 5.32 Å². The number of thioether (sulfide) groups is 1. The monoisotopic (exact) mass is 381 g/mol. The Balaban J connectivity index is 1.71. The van der Waals surface area contributed by atoms with E-state index in [2.05, 4.69) is 36.5 Å². The van der Waals surface area contributed by atoms with Gasteiger partial charge in [-0.1, -0.05) is 71.8 Å². The number of amides is 1. The minimum absolute atomic E-state index is 0.000576. The fraction of sp³-hybridized carbons (Fsp3) is 0.136. The maximum absolute atomic E-state index is 12.5. The highest BCUT2D eigenvalue weighted by molar-refractivity contribution is 8.00. The van der Waals surface area contributed by atoms with Crippen LogP contribution in [0.15, 0.2) is 83.8 Å². The second-order valence-electron chi connectivity index (χ2n) is 6.06. The number of halogens is 1. The van der Waals surface area contributed by atoms with Gasteiger partial charge in [-0.25, -0.2) is 0 Å². The van der Waals surface area contributed by atoms with Gasteiger partial charge in [-0.15, -0.1) is 11.8 Å². The van der Waals surface area contributed by atoms with Gasteiger partial charge in [0.15, 0.2) is 0 Å². The molecule has 132 valence electrons. The molecule has 0 aromatic heterocycles. The van der Waals surface area contributed by atoms with E-state index in [0.29, 0.717) is 10.8 Å². The van der Waals surface area contributed by atoms with Crippen LogP contribution in [0.1, 0.15) is 22.7 Å². The highest BCUT2D eigenvalue weighted by atomic mass is 35.5. The summed E-state index contributed by atoms with van der Waals surface area (Å²) < 4.78 is 0. The van der Waals surface area contributed by atoms with Gasteiger partial charge in [0.1, 0.15) is 0 Å². The molecular formula is C22H20ClNOS. The van der Waals surface area contributed by atoms with Gasteiger partial charge in [0.05, 0.1) is 11.8 Å². The van der Waals surface area contributed by atoms with Gasteiger partial charge >= 0.3 is 0 Å². The average molecular weight is 382 g/mol. The summed E-state index contributed by atoms with van der Waals surface area (Å²) in [4.78, 5) is 13.6. The molecule has 1 atom stereocenters. The number of benzene rings is 3. The van der Waals surface area contributed by atoms with E-state index in [0.717, 1.165) is 16.0 Å². The number of hydrogen-bond acceptors (Lipinski definition) is 2. The Morgan fingerprint density at radius 1 is 0.923 bits per heavy atom. The third-order valence-corrected chi connectivity index (χ3v) is 5.30. The van der Waals surface area contributed by atoms with E-state index in [4.69, 9.17) is 11.6 Å². The smallest absolute Gasteiger partial charge is 0.231 e. The number of carbonyl (C=O) groups is 1. The molecule has 0 aliphatic carbocycles. The van der Waals surface area contributed by atoms with Crippen molar-refractivity contribution in [3.8, 4) is 0 Å². The van der Waals surface area contributed by atoms with Crippen molar-refractivity contribution >= 4 is 29.3 Å². The van der Waals surface area contributed by atoms with Gasteiger partial charge in [-0.3, -0.25) is 4.79 Å². The zero-order valence-corrected chi connectivity index (χ0v) is 16.1. The molecule has 0 bridgehead atoms. The molecule has 2 nitrogen and oxygen atoms in total. The Hall–Kier alpha value is -2.23. The number of carbonyl (C=O) groups excluding carboxylic acids is 1. The van der Waals surface area contributed by atoms with Crippen molar-refractivity contribution in [2.75, 3.05) is 5.75 Å². The van der Waals surface area contributed by atoms with E-state index < -0.39 is 0 Å². The van der Waals surface area contributed by atoms with Gasteiger partial charge in [0.25, 0.3) is 0 Å². The van der Waals surface area contributed by atoms with Crippen LogP contribution in [0.5, 0.6) is 0 Å². The quantitative estimate of drug-likeness (QED) is 0.559. The van der Waals surface area contributed by atoms with Crippen LogP contribution in [-0.2, 0) is 4.79 Å².